The fraction of sp³-hybridized carbons (Fsp3) is 0.118. The van der Waals surface area contributed by atoms with Gasteiger partial charge in [0.25, 0.3) is 5.91 Å². The number of carbonyl (C=O) groups excluding carboxylic acids is 1. The van der Waals surface area contributed by atoms with Gasteiger partial charge in [-0.1, -0.05) is 17.7 Å². The van der Waals surface area contributed by atoms with Crippen LogP contribution in [0.5, 0.6) is 0 Å². The molecule has 0 aliphatic rings. The number of hydrogen-bond acceptors (Lipinski definition) is 1. The van der Waals surface area contributed by atoms with E-state index < -0.39 is 11.9 Å². The number of anilines is 1. The van der Waals surface area contributed by atoms with Gasteiger partial charge in [-0.25, -0.2) is 0 Å². The minimum absolute atomic E-state index is 0.306. The fourth-order valence-electron chi connectivity index (χ4n) is 2.35. The van der Waals surface area contributed by atoms with Crippen LogP contribution in [0.25, 0.3) is 10.9 Å². The number of fused-ring (bicyclic) bond motifs is 1. The van der Waals surface area contributed by atoms with Crippen molar-refractivity contribution in [2.75, 3.05) is 5.32 Å². The number of hydrogen-bond donors (Lipinski definition) is 2. The zero-order chi connectivity index (χ0) is 16.6. The van der Waals surface area contributed by atoms with Crippen LogP contribution < -0.4 is 5.32 Å². The second kappa shape index (κ2) is 5.46. The third-order valence-electron chi connectivity index (χ3n) is 3.46. The van der Waals surface area contributed by atoms with Crippen molar-refractivity contribution >= 4 is 22.5 Å². The third-order valence-corrected chi connectivity index (χ3v) is 3.46. The molecule has 2 aromatic carbocycles. The predicted molar refractivity (Wildman–Crippen MR) is 82.4 cm³/mol. The molecule has 118 valence electrons. The summed E-state index contributed by atoms with van der Waals surface area (Å²) in [5.74, 6) is -0.306. The second-order valence-electron chi connectivity index (χ2n) is 5.31. The van der Waals surface area contributed by atoms with E-state index in [4.69, 9.17) is 0 Å². The molecule has 0 unspecified atom stereocenters. The van der Waals surface area contributed by atoms with Crippen molar-refractivity contribution in [2.24, 2.45) is 0 Å². The van der Waals surface area contributed by atoms with Crippen molar-refractivity contribution in [3.8, 4) is 0 Å². The Balaban J connectivity index is 1.87. The Morgan fingerprint density at radius 3 is 2.57 bits per heavy atom. The van der Waals surface area contributed by atoms with Crippen molar-refractivity contribution in [3.05, 3.63) is 65.4 Å². The number of halogens is 3. The van der Waals surface area contributed by atoms with Crippen LogP contribution >= 0.6 is 0 Å². The molecule has 6 heteroatoms. The number of aryl methyl sites for hydroxylation is 1. The van der Waals surface area contributed by atoms with Crippen LogP contribution in [0.15, 0.2) is 48.5 Å². The van der Waals surface area contributed by atoms with Gasteiger partial charge in [-0.15, -0.1) is 0 Å². The molecule has 1 amide bonds. The van der Waals surface area contributed by atoms with Crippen LogP contribution in [-0.4, -0.2) is 10.9 Å². The Kier molecular flexibility index (Phi) is 3.60. The second-order valence-corrected chi connectivity index (χ2v) is 5.31. The zero-order valence-electron chi connectivity index (χ0n) is 12.2. The lowest BCUT2D eigenvalue weighted by Crippen LogP contribution is -2.11. The summed E-state index contributed by atoms with van der Waals surface area (Å²) in [6.45, 7) is 1.88. The molecular weight excluding hydrogens is 305 g/mol. The Hall–Kier alpha value is -2.76. The lowest BCUT2D eigenvalue weighted by molar-refractivity contribution is -0.140. The number of aromatic amines is 1. The average Bonchev–Trinajstić information content (AvgIpc) is 2.90. The van der Waals surface area contributed by atoms with Gasteiger partial charge in [0, 0.05) is 22.2 Å². The minimum atomic E-state index is -4.43. The van der Waals surface area contributed by atoms with Gasteiger partial charge < -0.3 is 10.3 Å². The molecule has 2 N–H and O–H groups in total. The molecule has 3 nitrogen and oxygen atoms in total. The van der Waals surface area contributed by atoms with E-state index >= 15 is 0 Å². The number of amides is 1. The summed E-state index contributed by atoms with van der Waals surface area (Å²) in [6, 6.07) is 12.7. The van der Waals surface area contributed by atoms with Gasteiger partial charge in [0.15, 0.2) is 0 Å². The van der Waals surface area contributed by atoms with E-state index in [0.29, 0.717) is 22.2 Å². The standard InChI is InChI=1S/C17H13F3N2O/c1-10-3-2-4-11(7-10)16(23)21-13-5-6-14-12(8-13)9-15(22-14)17(18,19)20/h2-9,22H,1H3,(H,21,23). The molecule has 1 aromatic heterocycles. The lowest BCUT2D eigenvalue weighted by atomic mass is 10.1. The van der Waals surface area contributed by atoms with E-state index in [1.165, 1.54) is 12.1 Å². The van der Waals surface area contributed by atoms with E-state index in [9.17, 15) is 18.0 Å². The Morgan fingerprint density at radius 2 is 1.87 bits per heavy atom. The Morgan fingerprint density at radius 1 is 1.09 bits per heavy atom. The fourth-order valence-corrected chi connectivity index (χ4v) is 2.35. The van der Waals surface area contributed by atoms with E-state index in [1.807, 2.05) is 13.0 Å². The molecule has 0 atom stereocenters. The summed E-state index contributed by atoms with van der Waals surface area (Å²) >= 11 is 0. The smallest absolute Gasteiger partial charge is 0.351 e. The SMILES string of the molecule is Cc1cccc(C(=O)Nc2ccc3[nH]c(C(F)(F)F)cc3c2)c1. The number of carbonyl (C=O) groups is 1. The third kappa shape index (κ3) is 3.21. The quantitative estimate of drug-likeness (QED) is 0.704. The largest absolute Gasteiger partial charge is 0.431 e. The first-order chi connectivity index (χ1) is 10.8. The first-order valence-electron chi connectivity index (χ1n) is 6.91. The van der Waals surface area contributed by atoms with Crippen LogP contribution in [-0.2, 0) is 6.18 Å². The highest BCUT2D eigenvalue weighted by Crippen LogP contribution is 2.32. The number of H-pyrrole nitrogens is 1. The summed E-state index contributed by atoms with van der Waals surface area (Å²) < 4.78 is 38.1. The molecule has 0 bridgehead atoms. The van der Waals surface area contributed by atoms with Gasteiger partial charge >= 0.3 is 6.18 Å². The van der Waals surface area contributed by atoms with Crippen molar-refractivity contribution in [3.63, 3.8) is 0 Å². The maximum Gasteiger partial charge on any atom is 0.431 e. The van der Waals surface area contributed by atoms with Gasteiger partial charge in [0.1, 0.15) is 5.69 Å². The molecule has 0 fully saturated rings. The molecule has 0 saturated heterocycles. The highest BCUT2D eigenvalue weighted by molar-refractivity contribution is 6.05. The molecule has 3 rings (SSSR count). The maximum absolute atomic E-state index is 12.7. The van der Waals surface area contributed by atoms with Crippen LogP contribution in [0.2, 0.25) is 0 Å². The number of rotatable bonds is 2. The molecule has 0 aliphatic carbocycles. The molecule has 0 aliphatic heterocycles. The van der Waals surface area contributed by atoms with Crippen molar-refractivity contribution < 1.29 is 18.0 Å². The van der Waals surface area contributed by atoms with Gasteiger partial charge in [-0.3, -0.25) is 4.79 Å². The molecular formula is C17H13F3N2O. The highest BCUT2D eigenvalue weighted by Gasteiger charge is 2.32. The summed E-state index contributed by atoms with van der Waals surface area (Å²) in [4.78, 5) is 14.5. The number of aromatic nitrogens is 1. The number of alkyl halides is 3. The van der Waals surface area contributed by atoms with E-state index in [1.54, 1.807) is 24.3 Å². The number of benzene rings is 2. The van der Waals surface area contributed by atoms with Crippen LogP contribution in [0.4, 0.5) is 18.9 Å². The first kappa shape index (κ1) is 15.1. The summed E-state index contributed by atoms with van der Waals surface area (Å²) in [5.41, 5.74) is 1.45. The Bertz CT molecular complexity index is 881. The molecule has 0 spiro atoms. The average molecular weight is 318 g/mol. The normalized spacial score (nSPS) is 11.7. The zero-order valence-corrected chi connectivity index (χ0v) is 12.2. The van der Waals surface area contributed by atoms with Gasteiger partial charge in [-0.05, 0) is 43.3 Å². The van der Waals surface area contributed by atoms with Crippen molar-refractivity contribution in [1.82, 2.24) is 4.98 Å². The molecule has 0 saturated carbocycles. The van der Waals surface area contributed by atoms with Gasteiger partial charge in [0.05, 0.1) is 0 Å². The van der Waals surface area contributed by atoms with Gasteiger partial charge in [-0.2, -0.15) is 13.2 Å². The van der Waals surface area contributed by atoms with Crippen LogP contribution in [0, 0.1) is 6.92 Å². The first-order valence-corrected chi connectivity index (χ1v) is 6.91. The van der Waals surface area contributed by atoms with E-state index in [0.717, 1.165) is 11.6 Å². The molecule has 1 heterocycles. The summed E-state index contributed by atoms with van der Waals surface area (Å²) in [6.07, 6.45) is -4.43. The van der Waals surface area contributed by atoms with Crippen molar-refractivity contribution in [1.29, 1.82) is 0 Å². The van der Waals surface area contributed by atoms with Crippen molar-refractivity contribution in [2.45, 2.75) is 13.1 Å². The van der Waals surface area contributed by atoms with Gasteiger partial charge in [0.2, 0.25) is 0 Å². The predicted octanol–water partition coefficient (Wildman–Crippen LogP) is 4.75. The maximum atomic E-state index is 12.7. The Labute approximate surface area is 130 Å². The van der Waals surface area contributed by atoms with E-state index in [2.05, 4.69) is 10.3 Å². The molecule has 23 heavy (non-hydrogen) atoms. The molecule has 3 aromatic rings. The number of nitrogens with one attached hydrogen (secondary N) is 2. The monoisotopic (exact) mass is 318 g/mol. The summed E-state index contributed by atoms with van der Waals surface area (Å²) in [7, 11) is 0. The topological polar surface area (TPSA) is 44.9 Å². The minimum Gasteiger partial charge on any atom is -0.351 e. The highest BCUT2D eigenvalue weighted by atomic mass is 19.4. The summed E-state index contributed by atoms with van der Waals surface area (Å²) in [5, 5.41) is 3.08. The van der Waals surface area contributed by atoms with Crippen LogP contribution in [0.1, 0.15) is 21.6 Å². The van der Waals surface area contributed by atoms with E-state index in [-0.39, 0.29) is 5.91 Å². The molecule has 0 radical (unpaired) electrons. The lowest BCUT2D eigenvalue weighted by Gasteiger charge is -2.06. The van der Waals surface area contributed by atoms with Crippen LogP contribution in [0.3, 0.4) is 0 Å².